The van der Waals surface area contributed by atoms with Crippen LogP contribution in [0.25, 0.3) is 26.2 Å². The number of nitrogens with zero attached hydrogens (tertiary/aromatic N) is 2. The van der Waals surface area contributed by atoms with Gasteiger partial charge in [-0.2, -0.15) is 0 Å². The molecular weight excluding hydrogens is 331 g/mol. The van der Waals surface area contributed by atoms with Gasteiger partial charge in [0.05, 0.1) is 0 Å². The molecule has 4 heteroatoms. The Bertz CT molecular complexity index is 979. The first-order chi connectivity index (χ1) is 9.84. The molecule has 2 nitrogen and oxygen atoms in total. The molecule has 0 N–H and O–H groups in total. The fraction of sp³-hybridized carbons (Fsp3) is 0. The van der Waals surface area contributed by atoms with Crippen molar-refractivity contribution in [2.45, 2.75) is 0 Å². The molecule has 0 radical (unpaired) electrons. The van der Waals surface area contributed by atoms with E-state index in [1.807, 2.05) is 18.3 Å². The summed E-state index contributed by atoms with van der Waals surface area (Å²) < 4.78 is 4.50. The number of aromatic nitrogens is 2. The van der Waals surface area contributed by atoms with Gasteiger partial charge in [0.15, 0.2) is 0 Å². The molecule has 0 aliphatic rings. The Balaban J connectivity index is 2.12. The summed E-state index contributed by atoms with van der Waals surface area (Å²) in [6.07, 6.45) is 1.84. The fourth-order valence-corrected chi connectivity index (χ4v) is 5.15. The van der Waals surface area contributed by atoms with Gasteiger partial charge in [-0.3, -0.25) is 0 Å². The van der Waals surface area contributed by atoms with Gasteiger partial charge in [0.2, 0.25) is 0 Å². The zero-order chi connectivity index (χ0) is 13.5. The summed E-state index contributed by atoms with van der Waals surface area (Å²) in [5.74, 6) is 0. The average Bonchev–Trinajstić information content (AvgIpc) is 2.84. The maximum atomic E-state index is 5.65. The van der Waals surface area contributed by atoms with Crippen molar-refractivity contribution in [3.63, 3.8) is 0 Å². The van der Waals surface area contributed by atoms with Crippen LogP contribution in [-0.4, -0.2) is 23.3 Å². The predicted molar refractivity (Wildman–Crippen MR) is 86.4 cm³/mol. The van der Waals surface area contributed by atoms with Crippen LogP contribution in [0.15, 0.2) is 60.8 Å². The van der Waals surface area contributed by atoms with E-state index in [-0.39, 0.29) is 14.7 Å². The van der Waals surface area contributed by atoms with E-state index >= 15 is 0 Å². The van der Waals surface area contributed by atoms with Crippen LogP contribution >= 0.6 is 12.2 Å². The van der Waals surface area contributed by atoms with Gasteiger partial charge in [-0.15, -0.1) is 0 Å². The van der Waals surface area contributed by atoms with Gasteiger partial charge in [-0.25, -0.2) is 0 Å². The first-order valence-corrected chi connectivity index (χ1v) is 8.33. The number of pyridine rings is 1. The van der Waals surface area contributed by atoms with Crippen LogP contribution in [0.4, 0.5) is 0 Å². The summed E-state index contributed by atoms with van der Waals surface area (Å²) in [5.41, 5.74) is 2.14. The standard InChI is InChI=1S/C16H10N2SSe/c19-16-12-7-1-2-9-14(12)20-18(16)13-8-3-5-11-6-4-10-17-15(11)13/h1-10H. The molecule has 0 bridgehead atoms. The number of rotatable bonds is 1. The van der Waals surface area contributed by atoms with E-state index in [4.69, 9.17) is 12.2 Å². The van der Waals surface area contributed by atoms with Crippen molar-refractivity contribution < 1.29 is 0 Å². The van der Waals surface area contributed by atoms with Crippen molar-refractivity contribution in [3.05, 3.63) is 65.4 Å². The van der Waals surface area contributed by atoms with Gasteiger partial charge < -0.3 is 0 Å². The summed E-state index contributed by atoms with van der Waals surface area (Å²) in [6.45, 7) is 0. The third-order valence-corrected chi connectivity index (χ3v) is 6.32. The monoisotopic (exact) mass is 342 g/mol. The molecule has 2 aromatic carbocycles. The van der Waals surface area contributed by atoms with Gasteiger partial charge in [0.25, 0.3) is 0 Å². The van der Waals surface area contributed by atoms with Gasteiger partial charge in [-0.05, 0) is 0 Å². The summed E-state index contributed by atoms with van der Waals surface area (Å²) in [4.78, 5) is 4.53. The molecule has 96 valence electrons. The van der Waals surface area contributed by atoms with E-state index in [2.05, 4.69) is 51.0 Å². The normalized spacial score (nSPS) is 11.2. The predicted octanol–water partition coefficient (Wildman–Crippen LogP) is 3.97. The van der Waals surface area contributed by atoms with Crippen molar-refractivity contribution in [2.75, 3.05) is 0 Å². The Labute approximate surface area is 127 Å². The molecule has 4 rings (SSSR count). The molecule has 0 fully saturated rings. The molecule has 0 atom stereocenters. The summed E-state index contributed by atoms with van der Waals surface area (Å²) in [6, 6.07) is 18.7. The number of hydrogen-bond donors (Lipinski definition) is 0. The van der Waals surface area contributed by atoms with Crippen molar-refractivity contribution in [1.29, 1.82) is 0 Å². The third-order valence-electron chi connectivity index (χ3n) is 3.32. The molecule has 4 aromatic rings. The first-order valence-electron chi connectivity index (χ1n) is 6.30. The number of fused-ring (bicyclic) bond motifs is 2. The number of para-hydroxylation sites is 1. The van der Waals surface area contributed by atoms with Crippen LogP contribution in [0, 0.1) is 4.64 Å². The van der Waals surface area contributed by atoms with E-state index in [9.17, 15) is 0 Å². The Morgan fingerprint density at radius 3 is 2.70 bits per heavy atom. The topological polar surface area (TPSA) is 17.8 Å². The van der Waals surface area contributed by atoms with Crippen molar-refractivity contribution >= 4 is 47.5 Å². The van der Waals surface area contributed by atoms with Gasteiger partial charge in [0.1, 0.15) is 0 Å². The molecule has 0 amide bonds. The van der Waals surface area contributed by atoms with Crippen molar-refractivity contribution in [1.82, 2.24) is 8.55 Å². The van der Waals surface area contributed by atoms with Crippen LogP contribution in [-0.2, 0) is 0 Å². The molecule has 0 spiro atoms. The minimum absolute atomic E-state index is 0.194. The van der Waals surface area contributed by atoms with Crippen molar-refractivity contribution in [3.8, 4) is 5.69 Å². The second kappa shape index (κ2) is 4.67. The molecule has 0 unspecified atom stereocenters. The summed E-state index contributed by atoms with van der Waals surface area (Å²) in [5, 5.41) is 2.34. The summed E-state index contributed by atoms with van der Waals surface area (Å²) >= 11 is 5.85. The Morgan fingerprint density at radius 2 is 1.80 bits per heavy atom. The Morgan fingerprint density at radius 1 is 0.950 bits per heavy atom. The van der Waals surface area contributed by atoms with Crippen molar-refractivity contribution in [2.24, 2.45) is 0 Å². The number of benzene rings is 2. The second-order valence-corrected chi connectivity index (χ2v) is 7.00. The third kappa shape index (κ3) is 1.77. The van der Waals surface area contributed by atoms with E-state index in [1.165, 1.54) is 9.65 Å². The Kier molecular flexibility index (Phi) is 2.81. The van der Waals surface area contributed by atoms with Gasteiger partial charge >= 0.3 is 127 Å². The molecule has 0 aliphatic carbocycles. The molecule has 0 aliphatic heterocycles. The van der Waals surface area contributed by atoms with Gasteiger partial charge in [0, 0.05) is 0 Å². The summed E-state index contributed by atoms with van der Waals surface area (Å²) in [7, 11) is 0. The average molecular weight is 341 g/mol. The maximum absolute atomic E-state index is 5.65. The first kappa shape index (κ1) is 12.0. The molecular formula is C16H10N2SSe. The van der Waals surface area contributed by atoms with E-state index in [1.54, 1.807) is 0 Å². The molecule has 2 heterocycles. The second-order valence-electron chi connectivity index (χ2n) is 4.54. The van der Waals surface area contributed by atoms with Crippen LogP contribution < -0.4 is 0 Å². The van der Waals surface area contributed by atoms with Crippen LogP contribution in [0.1, 0.15) is 0 Å². The Hall–Kier alpha value is -1.74. The fourth-order valence-electron chi connectivity index (χ4n) is 2.38. The van der Waals surface area contributed by atoms with Crippen LogP contribution in [0.5, 0.6) is 0 Å². The van der Waals surface area contributed by atoms with E-state index in [0.717, 1.165) is 21.2 Å². The van der Waals surface area contributed by atoms with E-state index in [0.29, 0.717) is 0 Å². The molecule has 20 heavy (non-hydrogen) atoms. The SMILES string of the molecule is S=c1c2ccccc2[se]n1-c1cccc2cccnc12. The molecule has 0 saturated heterocycles. The molecule has 0 saturated carbocycles. The minimum atomic E-state index is 0.194. The quantitative estimate of drug-likeness (QED) is 0.385. The van der Waals surface area contributed by atoms with E-state index < -0.39 is 0 Å². The molecule has 2 aromatic heterocycles. The zero-order valence-corrected chi connectivity index (χ0v) is 13.0. The number of hydrogen-bond acceptors (Lipinski definition) is 2. The van der Waals surface area contributed by atoms with Gasteiger partial charge in [-0.1, -0.05) is 0 Å². The van der Waals surface area contributed by atoms with Crippen LogP contribution in [0.3, 0.4) is 0 Å². The van der Waals surface area contributed by atoms with Crippen LogP contribution in [0.2, 0.25) is 0 Å². The zero-order valence-electron chi connectivity index (χ0n) is 10.5.